The lowest BCUT2D eigenvalue weighted by molar-refractivity contribution is 0.00751. The topological polar surface area (TPSA) is 40.7 Å². The van der Waals surface area contributed by atoms with Gasteiger partial charge in [-0.3, -0.25) is 5.10 Å². The van der Waals surface area contributed by atoms with Gasteiger partial charge in [0.15, 0.2) is 0 Å². The van der Waals surface area contributed by atoms with E-state index in [2.05, 4.69) is 29.4 Å². The number of rotatable bonds is 2. The van der Waals surface area contributed by atoms with Crippen LogP contribution in [0.5, 0.6) is 0 Å². The summed E-state index contributed by atoms with van der Waals surface area (Å²) in [6.07, 6.45) is 7.42. The third kappa shape index (κ3) is 1.52. The summed E-state index contributed by atoms with van der Waals surface area (Å²) in [5.74, 6) is 3.96. The van der Waals surface area contributed by atoms with Crippen molar-refractivity contribution in [3.8, 4) is 0 Å². The Morgan fingerprint density at radius 1 is 1.00 bits per heavy atom. The number of H-pyrrole nitrogens is 1. The SMILES string of the molecule is Cc1n[nH]c(C)c1NC1C2CC3CC(C2)CC1C3. The summed E-state index contributed by atoms with van der Waals surface area (Å²) < 4.78 is 0. The third-order valence-corrected chi connectivity index (χ3v) is 5.67. The number of hydrogen-bond acceptors (Lipinski definition) is 2. The van der Waals surface area contributed by atoms with Crippen molar-refractivity contribution in [3.63, 3.8) is 0 Å². The lowest BCUT2D eigenvalue weighted by atomic mass is 9.54. The second kappa shape index (κ2) is 3.75. The first-order chi connectivity index (χ1) is 8.70. The van der Waals surface area contributed by atoms with Crippen LogP contribution in [0.1, 0.15) is 43.5 Å². The second-order valence-electron chi connectivity index (χ2n) is 6.91. The number of aromatic amines is 1. The molecule has 2 N–H and O–H groups in total. The Kier molecular flexibility index (Phi) is 2.27. The molecule has 4 saturated carbocycles. The molecule has 0 aromatic carbocycles. The first kappa shape index (κ1) is 10.9. The van der Waals surface area contributed by atoms with Crippen LogP contribution >= 0.6 is 0 Å². The third-order valence-electron chi connectivity index (χ3n) is 5.67. The van der Waals surface area contributed by atoms with Crippen LogP contribution in [-0.4, -0.2) is 16.2 Å². The first-order valence-corrected chi connectivity index (χ1v) is 7.49. The smallest absolute Gasteiger partial charge is 0.0825 e. The number of aromatic nitrogens is 2. The highest BCUT2D eigenvalue weighted by Gasteiger charge is 2.48. The maximum Gasteiger partial charge on any atom is 0.0825 e. The van der Waals surface area contributed by atoms with Crippen LogP contribution in [0.4, 0.5) is 5.69 Å². The fourth-order valence-electron chi connectivity index (χ4n) is 5.09. The van der Waals surface area contributed by atoms with Gasteiger partial charge in [0, 0.05) is 6.04 Å². The highest BCUT2D eigenvalue weighted by Crippen LogP contribution is 2.54. The standard InChI is InChI=1S/C15H23N3/c1-8-14(9(2)18-17-8)16-15-12-4-10-3-11(6-12)7-13(15)5-10/h10-13,15-16H,3-7H2,1-2H3,(H,17,18). The van der Waals surface area contributed by atoms with Gasteiger partial charge in [-0.05, 0) is 69.6 Å². The van der Waals surface area contributed by atoms with Crippen LogP contribution in [0.2, 0.25) is 0 Å². The normalized spacial score (nSPS) is 41.3. The van der Waals surface area contributed by atoms with Crippen molar-refractivity contribution in [1.82, 2.24) is 10.2 Å². The highest BCUT2D eigenvalue weighted by molar-refractivity contribution is 5.52. The molecule has 1 heterocycles. The van der Waals surface area contributed by atoms with Crippen molar-refractivity contribution < 1.29 is 0 Å². The molecule has 0 unspecified atom stereocenters. The molecule has 4 bridgehead atoms. The molecule has 4 aliphatic carbocycles. The summed E-state index contributed by atoms with van der Waals surface area (Å²) >= 11 is 0. The lowest BCUT2D eigenvalue weighted by Gasteiger charge is -2.54. The maximum absolute atomic E-state index is 4.31. The minimum atomic E-state index is 0.716. The molecule has 4 fully saturated rings. The minimum absolute atomic E-state index is 0.716. The fourth-order valence-corrected chi connectivity index (χ4v) is 5.09. The van der Waals surface area contributed by atoms with E-state index in [1.54, 1.807) is 0 Å². The van der Waals surface area contributed by atoms with Gasteiger partial charge in [-0.1, -0.05) is 0 Å². The molecule has 1 aromatic heterocycles. The van der Waals surface area contributed by atoms with Gasteiger partial charge >= 0.3 is 0 Å². The zero-order chi connectivity index (χ0) is 12.3. The number of aryl methyl sites for hydroxylation is 2. The lowest BCUT2D eigenvalue weighted by Crippen LogP contribution is -2.51. The fraction of sp³-hybridized carbons (Fsp3) is 0.800. The zero-order valence-corrected chi connectivity index (χ0v) is 11.4. The molecular formula is C15H23N3. The Morgan fingerprint density at radius 2 is 1.61 bits per heavy atom. The Hall–Kier alpha value is -0.990. The molecule has 5 rings (SSSR count). The van der Waals surface area contributed by atoms with E-state index in [0.29, 0.717) is 6.04 Å². The van der Waals surface area contributed by atoms with Gasteiger partial charge in [0.1, 0.15) is 0 Å². The molecule has 4 aliphatic rings. The number of nitrogens with zero attached hydrogens (tertiary/aromatic N) is 1. The molecule has 0 radical (unpaired) electrons. The largest absolute Gasteiger partial charge is 0.379 e. The van der Waals surface area contributed by atoms with Crippen LogP contribution in [0.25, 0.3) is 0 Å². The highest BCUT2D eigenvalue weighted by atomic mass is 15.2. The Morgan fingerprint density at radius 3 is 2.11 bits per heavy atom. The summed E-state index contributed by atoms with van der Waals surface area (Å²) in [5.41, 5.74) is 3.59. The van der Waals surface area contributed by atoms with Crippen LogP contribution in [-0.2, 0) is 0 Å². The van der Waals surface area contributed by atoms with Gasteiger partial charge in [-0.2, -0.15) is 5.10 Å². The van der Waals surface area contributed by atoms with E-state index >= 15 is 0 Å². The van der Waals surface area contributed by atoms with E-state index in [4.69, 9.17) is 0 Å². The summed E-state index contributed by atoms with van der Waals surface area (Å²) in [6, 6.07) is 0.716. The van der Waals surface area contributed by atoms with E-state index in [0.717, 1.165) is 29.4 Å². The molecule has 1 aromatic rings. The van der Waals surface area contributed by atoms with Crippen LogP contribution < -0.4 is 5.32 Å². The summed E-state index contributed by atoms with van der Waals surface area (Å²) in [6.45, 7) is 4.22. The first-order valence-electron chi connectivity index (χ1n) is 7.49. The van der Waals surface area contributed by atoms with Crippen molar-refractivity contribution in [1.29, 1.82) is 0 Å². The van der Waals surface area contributed by atoms with Gasteiger partial charge < -0.3 is 5.32 Å². The molecular weight excluding hydrogens is 222 g/mol. The summed E-state index contributed by atoms with van der Waals surface area (Å²) in [7, 11) is 0. The molecule has 18 heavy (non-hydrogen) atoms. The molecule has 3 heteroatoms. The number of nitrogens with one attached hydrogen (secondary N) is 2. The van der Waals surface area contributed by atoms with Gasteiger partial charge in [0.2, 0.25) is 0 Å². The molecule has 0 amide bonds. The summed E-state index contributed by atoms with van der Waals surface area (Å²) in [4.78, 5) is 0. The number of anilines is 1. The molecule has 0 atom stereocenters. The van der Waals surface area contributed by atoms with Crippen LogP contribution in [0.3, 0.4) is 0 Å². The average molecular weight is 245 g/mol. The predicted molar refractivity (Wildman–Crippen MR) is 72.5 cm³/mol. The van der Waals surface area contributed by atoms with E-state index in [1.807, 2.05) is 0 Å². The maximum atomic E-state index is 4.31. The van der Waals surface area contributed by atoms with E-state index in [-0.39, 0.29) is 0 Å². The quantitative estimate of drug-likeness (QED) is 0.839. The van der Waals surface area contributed by atoms with E-state index in [1.165, 1.54) is 43.5 Å². The Bertz CT molecular complexity index is 415. The van der Waals surface area contributed by atoms with Gasteiger partial charge in [-0.15, -0.1) is 0 Å². The predicted octanol–water partition coefficient (Wildman–Crippen LogP) is 3.26. The number of hydrogen-bond donors (Lipinski definition) is 2. The molecule has 0 aliphatic heterocycles. The van der Waals surface area contributed by atoms with Crippen LogP contribution in [0, 0.1) is 37.5 Å². The van der Waals surface area contributed by atoms with Crippen molar-refractivity contribution in [2.24, 2.45) is 23.7 Å². The molecule has 0 saturated heterocycles. The monoisotopic (exact) mass is 245 g/mol. The second-order valence-corrected chi connectivity index (χ2v) is 6.91. The van der Waals surface area contributed by atoms with Crippen molar-refractivity contribution in [3.05, 3.63) is 11.4 Å². The van der Waals surface area contributed by atoms with Gasteiger partial charge in [-0.25, -0.2) is 0 Å². The van der Waals surface area contributed by atoms with Crippen molar-refractivity contribution in [2.45, 2.75) is 52.0 Å². The minimum Gasteiger partial charge on any atom is -0.379 e. The zero-order valence-electron chi connectivity index (χ0n) is 11.4. The average Bonchev–Trinajstić information content (AvgIpc) is 2.64. The Balaban J connectivity index is 1.59. The molecule has 3 nitrogen and oxygen atoms in total. The van der Waals surface area contributed by atoms with Gasteiger partial charge in [0.05, 0.1) is 17.1 Å². The van der Waals surface area contributed by atoms with E-state index < -0.39 is 0 Å². The molecule has 0 spiro atoms. The van der Waals surface area contributed by atoms with E-state index in [9.17, 15) is 0 Å². The Labute approximate surface area is 109 Å². The van der Waals surface area contributed by atoms with Crippen LogP contribution in [0.15, 0.2) is 0 Å². The molecule has 98 valence electrons. The van der Waals surface area contributed by atoms with Gasteiger partial charge in [0.25, 0.3) is 0 Å². The van der Waals surface area contributed by atoms with Crippen molar-refractivity contribution in [2.75, 3.05) is 5.32 Å². The summed E-state index contributed by atoms with van der Waals surface area (Å²) in [5, 5.41) is 11.3. The van der Waals surface area contributed by atoms with Crippen molar-refractivity contribution >= 4 is 5.69 Å².